The lowest BCUT2D eigenvalue weighted by molar-refractivity contribution is -0.119. The molecule has 0 spiro atoms. The van der Waals surface area contributed by atoms with Gasteiger partial charge < -0.3 is 14.8 Å². The maximum atomic E-state index is 13.4. The Kier molecular flexibility index (Phi) is 7.37. The molecular weight excluding hydrogens is 428 g/mol. The van der Waals surface area contributed by atoms with Gasteiger partial charge in [0, 0.05) is 12.6 Å². The lowest BCUT2D eigenvalue weighted by atomic mass is 10.1. The molecule has 7 nitrogen and oxygen atoms in total. The number of carbonyl (C=O) groups excluding carboxylic acids is 1. The summed E-state index contributed by atoms with van der Waals surface area (Å²) in [6.07, 6.45) is 0. The molecule has 0 radical (unpaired) electrons. The van der Waals surface area contributed by atoms with Gasteiger partial charge in [0.05, 0.1) is 24.8 Å². The first-order valence-electron chi connectivity index (χ1n) is 9.97. The summed E-state index contributed by atoms with van der Waals surface area (Å²) >= 11 is 0. The second-order valence-corrected chi connectivity index (χ2v) is 8.99. The van der Waals surface area contributed by atoms with Crippen LogP contribution in [0.4, 0.5) is 5.69 Å². The predicted octanol–water partition coefficient (Wildman–Crippen LogP) is 3.52. The summed E-state index contributed by atoms with van der Waals surface area (Å²) < 4.78 is 38.4. The molecule has 168 valence electrons. The maximum absolute atomic E-state index is 13.4. The molecule has 0 aromatic heterocycles. The fourth-order valence-electron chi connectivity index (χ4n) is 3.11. The quantitative estimate of drug-likeness (QED) is 0.535. The van der Waals surface area contributed by atoms with Gasteiger partial charge in [-0.05, 0) is 36.8 Å². The minimum atomic E-state index is -4.01. The molecule has 0 fully saturated rings. The minimum Gasteiger partial charge on any atom is -0.493 e. The van der Waals surface area contributed by atoms with Gasteiger partial charge in [-0.15, -0.1) is 0 Å². The zero-order valence-electron chi connectivity index (χ0n) is 18.2. The van der Waals surface area contributed by atoms with E-state index in [9.17, 15) is 13.2 Å². The number of carbonyl (C=O) groups is 1. The van der Waals surface area contributed by atoms with Crippen LogP contribution < -0.4 is 19.1 Å². The number of amides is 1. The van der Waals surface area contributed by atoms with Crippen molar-refractivity contribution in [3.8, 4) is 11.5 Å². The Balaban J connectivity index is 1.90. The van der Waals surface area contributed by atoms with E-state index < -0.39 is 22.5 Å². The third-order valence-electron chi connectivity index (χ3n) is 4.88. The summed E-state index contributed by atoms with van der Waals surface area (Å²) in [6.45, 7) is 1.89. The highest BCUT2D eigenvalue weighted by Gasteiger charge is 2.28. The lowest BCUT2D eigenvalue weighted by Gasteiger charge is -2.25. The summed E-state index contributed by atoms with van der Waals surface area (Å²) in [5, 5.41) is 2.79. The molecule has 0 saturated carbocycles. The van der Waals surface area contributed by atoms with Gasteiger partial charge in [0.15, 0.2) is 11.5 Å². The Morgan fingerprint density at radius 3 is 2.19 bits per heavy atom. The van der Waals surface area contributed by atoms with Gasteiger partial charge in [-0.2, -0.15) is 0 Å². The van der Waals surface area contributed by atoms with E-state index in [4.69, 9.17) is 9.47 Å². The van der Waals surface area contributed by atoms with Crippen LogP contribution in [0.25, 0.3) is 0 Å². The van der Waals surface area contributed by atoms with E-state index in [1.807, 2.05) is 31.2 Å². The van der Waals surface area contributed by atoms with Gasteiger partial charge in [-0.3, -0.25) is 9.10 Å². The van der Waals surface area contributed by atoms with Crippen LogP contribution >= 0.6 is 0 Å². The second-order valence-electron chi connectivity index (χ2n) is 7.13. The summed E-state index contributed by atoms with van der Waals surface area (Å²) in [6, 6.07) is 20.5. The number of ether oxygens (including phenoxy) is 2. The molecule has 0 saturated heterocycles. The van der Waals surface area contributed by atoms with Gasteiger partial charge in [0.25, 0.3) is 10.0 Å². The fourth-order valence-corrected chi connectivity index (χ4v) is 4.54. The number of hydrogen-bond donors (Lipinski definition) is 1. The van der Waals surface area contributed by atoms with Crippen LogP contribution in [0.1, 0.15) is 11.1 Å². The highest BCUT2D eigenvalue weighted by Crippen LogP contribution is 2.33. The molecule has 32 heavy (non-hydrogen) atoms. The number of hydrogen-bond acceptors (Lipinski definition) is 5. The fraction of sp³-hybridized carbons (Fsp3) is 0.208. The highest BCUT2D eigenvalue weighted by atomic mass is 32.2. The Hall–Kier alpha value is -3.52. The second kappa shape index (κ2) is 10.2. The van der Waals surface area contributed by atoms with Crippen LogP contribution in [-0.2, 0) is 21.4 Å². The Bertz CT molecular complexity index is 1160. The molecule has 0 aliphatic rings. The molecule has 3 rings (SSSR count). The number of benzene rings is 3. The molecular formula is C24H26N2O5S. The van der Waals surface area contributed by atoms with E-state index in [1.54, 1.807) is 30.3 Å². The van der Waals surface area contributed by atoms with Crippen molar-refractivity contribution in [2.45, 2.75) is 18.4 Å². The Morgan fingerprint density at radius 1 is 0.906 bits per heavy atom. The van der Waals surface area contributed by atoms with Crippen LogP contribution in [0.3, 0.4) is 0 Å². The predicted molar refractivity (Wildman–Crippen MR) is 124 cm³/mol. The normalized spacial score (nSPS) is 11.0. The Labute approximate surface area is 188 Å². The van der Waals surface area contributed by atoms with Gasteiger partial charge >= 0.3 is 0 Å². The number of anilines is 1. The van der Waals surface area contributed by atoms with Crippen LogP contribution in [0.15, 0.2) is 77.7 Å². The van der Waals surface area contributed by atoms with E-state index in [-0.39, 0.29) is 10.6 Å². The van der Waals surface area contributed by atoms with Crippen LogP contribution in [0.2, 0.25) is 0 Å². The van der Waals surface area contributed by atoms with E-state index >= 15 is 0 Å². The van der Waals surface area contributed by atoms with Gasteiger partial charge in [-0.25, -0.2) is 8.42 Å². The summed E-state index contributed by atoms with van der Waals surface area (Å²) in [5.41, 5.74) is 2.33. The van der Waals surface area contributed by atoms with Crippen LogP contribution in [-0.4, -0.2) is 35.1 Å². The van der Waals surface area contributed by atoms with Crippen molar-refractivity contribution >= 4 is 21.6 Å². The van der Waals surface area contributed by atoms with E-state index in [2.05, 4.69) is 5.32 Å². The summed E-state index contributed by atoms with van der Waals surface area (Å²) in [5.74, 6) is 0.385. The first-order valence-corrected chi connectivity index (χ1v) is 11.4. The Morgan fingerprint density at radius 2 is 1.56 bits per heavy atom. The number of nitrogens with one attached hydrogen (secondary N) is 1. The molecule has 0 unspecified atom stereocenters. The average Bonchev–Trinajstić information content (AvgIpc) is 2.82. The van der Waals surface area contributed by atoms with Crippen molar-refractivity contribution in [2.75, 3.05) is 25.1 Å². The highest BCUT2D eigenvalue weighted by molar-refractivity contribution is 7.92. The molecule has 1 amide bonds. The molecule has 0 heterocycles. The van der Waals surface area contributed by atoms with Crippen LogP contribution in [0, 0.1) is 6.92 Å². The molecule has 0 bridgehead atoms. The SMILES string of the molecule is COc1ccc(N(CC(=O)NCc2ccc(C)cc2)S(=O)(=O)c2ccccc2)cc1OC. The first-order chi connectivity index (χ1) is 15.3. The lowest BCUT2D eigenvalue weighted by Crippen LogP contribution is -2.40. The van der Waals surface area contributed by atoms with Gasteiger partial charge in [0.1, 0.15) is 6.54 Å². The number of sulfonamides is 1. The number of nitrogens with zero attached hydrogens (tertiary/aromatic N) is 1. The van der Waals surface area contributed by atoms with E-state index in [0.717, 1.165) is 15.4 Å². The first kappa shape index (κ1) is 23.1. The standard InChI is InChI=1S/C24H26N2O5S/c1-18-9-11-19(12-10-18)16-25-24(27)17-26(32(28,29)21-7-5-4-6-8-21)20-13-14-22(30-2)23(15-20)31-3/h4-15H,16-17H2,1-3H3,(H,25,27). The number of rotatable bonds is 9. The van der Waals surface area contributed by atoms with Crippen molar-refractivity contribution in [2.24, 2.45) is 0 Å². The zero-order valence-corrected chi connectivity index (χ0v) is 19.1. The molecule has 8 heteroatoms. The largest absolute Gasteiger partial charge is 0.493 e. The van der Waals surface area contributed by atoms with E-state index in [1.165, 1.54) is 32.4 Å². The number of methoxy groups -OCH3 is 2. The van der Waals surface area contributed by atoms with Crippen molar-refractivity contribution < 1.29 is 22.7 Å². The monoisotopic (exact) mass is 454 g/mol. The van der Waals surface area contributed by atoms with Crippen molar-refractivity contribution in [1.82, 2.24) is 5.32 Å². The zero-order chi connectivity index (χ0) is 23.1. The summed E-state index contributed by atoms with van der Waals surface area (Å²) in [4.78, 5) is 12.8. The summed E-state index contributed by atoms with van der Waals surface area (Å²) in [7, 11) is -1.05. The number of aryl methyl sites for hydroxylation is 1. The topological polar surface area (TPSA) is 84.9 Å². The average molecular weight is 455 g/mol. The smallest absolute Gasteiger partial charge is 0.264 e. The van der Waals surface area contributed by atoms with E-state index in [0.29, 0.717) is 18.0 Å². The van der Waals surface area contributed by atoms with Crippen molar-refractivity contribution in [3.05, 3.63) is 83.9 Å². The third kappa shape index (κ3) is 5.39. The van der Waals surface area contributed by atoms with Crippen molar-refractivity contribution in [1.29, 1.82) is 0 Å². The molecule has 3 aromatic rings. The van der Waals surface area contributed by atoms with Crippen LogP contribution in [0.5, 0.6) is 11.5 Å². The van der Waals surface area contributed by atoms with Gasteiger partial charge in [0.2, 0.25) is 5.91 Å². The maximum Gasteiger partial charge on any atom is 0.264 e. The van der Waals surface area contributed by atoms with Crippen molar-refractivity contribution in [3.63, 3.8) is 0 Å². The molecule has 0 aliphatic heterocycles. The molecule has 0 aliphatic carbocycles. The third-order valence-corrected chi connectivity index (χ3v) is 6.67. The van der Waals surface area contributed by atoms with Gasteiger partial charge in [-0.1, -0.05) is 48.0 Å². The molecule has 1 N–H and O–H groups in total. The minimum absolute atomic E-state index is 0.0844. The molecule has 3 aromatic carbocycles. The molecule has 0 atom stereocenters.